The van der Waals surface area contributed by atoms with Crippen molar-refractivity contribution in [2.75, 3.05) is 13.7 Å². The minimum Gasteiger partial charge on any atom is -0.462 e. The quantitative estimate of drug-likeness (QED) is 0.324. The highest BCUT2D eigenvalue weighted by atomic mass is 31.2. The van der Waals surface area contributed by atoms with Gasteiger partial charge >= 0.3 is 20.2 Å². The molecule has 11 nitrogen and oxygen atoms in total. The number of rotatable bonds is 10. The van der Waals surface area contributed by atoms with Gasteiger partial charge < -0.3 is 23.6 Å². The zero-order valence-corrected chi connectivity index (χ0v) is 21.4. The van der Waals surface area contributed by atoms with Crippen molar-refractivity contribution in [3.63, 3.8) is 0 Å². The van der Waals surface area contributed by atoms with Crippen molar-refractivity contribution in [2.45, 2.75) is 58.6 Å². The fourth-order valence-corrected chi connectivity index (χ4v) is 4.57. The van der Waals surface area contributed by atoms with Crippen molar-refractivity contribution in [3.05, 3.63) is 63.4 Å². The first kappa shape index (κ1) is 28.7. The molecule has 0 bridgehead atoms. The van der Waals surface area contributed by atoms with Crippen molar-refractivity contribution in [2.24, 2.45) is 5.92 Å². The predicted molar refractivity (Wildman–Crippen MR) is 131 cm³/mol. The molecule has 194 valence electrons. The van der Waals surface area contributed by atoms with E-state index in [4.69, 9.17) is 23.6 Å². The Balaban J connectivity index is 0.00000210. The summed E-state index contributed by atoms with van der Waals surface area (Å²) in [5.41, 5.74) is -0.976. The fourth-order valence-electron chi connectivity index (χ4n) is 3.36. The van der Waals surface area contributed by atoms with Crippen LogP contribution in [0.25, 0.3) is 0 Å². The topological polar surface area (TPSA) is 141 Å². The molecule has 0 spiro atoms. The van der Waals surface area contributed by atoms with E-state index in [-0.39, 0.29) is 24.7 Å². The summed E-state index contributed by atoms with van der Waals surface area (Å²) >= 11 is 0. The van der Waals surface area contributed by atoms with Crippen LogP contribution in [0.2, 0.25) is 0 Å². The van der Waals surface area contributed by atoms with Crippen LogP contribution >= 0.6 is 8.53 Å². The zero-order chi connectivity index (χ0) is 26.0. The average Bonchev–Trinajstić information content (AvgIpc) is 3.19. The SMILES string of the molecule is CC(C)OC(=O)C(C)NP(OCC1CC(C)C(n2ccc(=O)[nH]c2=O)O1)Oc1ccccc1.CO. The molecule has 1 aliphatic rings. The molecular weight excluding hydrogens is 477 g/mol. The molecule has 1 aromatic heterocycles. The van der Waals surface area contributed by atoms with Gasteiger partial charge in [0.05, 0.1) is 18.8 Å². The maximum atomic E-state index is 12.2. The molecule has 35 heavy (non-hydrogen) atoms. The summed E-state index contributed by atoms with van der Waals surface area (Å²) in [7, 11) is -0.690. The van der Waals surface area contributed by atoms with Crippen LogP contribution in [0.15, 0.2) is 52.2 Å². The van der Waals surface area contributed by atoms with Gasteiger partial charge in [0.25, 0.3) is 5.56 Å². The monoisotopic (exact) mass is 511 g/mol. The number of aromatic nitrogens is 2. The maximum Gasteiger partial charge on any atom is 0.330 e. The summed E-state index contributed by atoms with van der Waals surface area (Å²) in [6, 6.07) is 9.79. The minimum absolute atomic E-state index is 0.0244. The summed E-state index contributed by atoms with van der Waals surface area (Å²) in [5, 5.41) is 10.1. The number of hydrogen-bond acceptors (Lipinski definition) is 9. The molecular formula is C23H34N3O8P. The number of H-pyrrole nitrogens is 1. The second-order valence-electron chi connectivity index (χ2n) is 8.17. The number of nitrogens with zero attached hydrogens (tertiary/aromatic N) is 1. The largest absolute Gasteiger partial charge is 0.462 e. The van der Waals surface area contributed by atoms with Crippen LogP contribution in [0.1, 0.15) is 40.3 Å². The van der Waals surface area contributed by atoms with E-state index < -0.39 is 38.0 Å². The number of carbonyl (C=O) groups is 1. The molecule has 3 rings (SSSR count). The zero-order valence-electron chi connectivity index (χ0n) is 20.5. The molecule has 0 aliphatic carbocycles. The number of aliphatic hydroxyl groups is 1. The third-order valence-corrected chi connectivity index (χ3v) is 6.25. The molecule has 3 N–H and O–H groups in total. The lowest BCUT2D eigenvalue weighted by Gasteiger charge is -2.23. The molecule has 2 aromatic rings. The van der Waals surface area contributed by atoms with Crippen LogP contribution in [-0.4, -0.2) is 52.6 Å². The summed E-state index contributed by atoms with van der Waals surface area (Å²) in [4.78, 5) is 38.0. The van der Waals surface area contributed by atoms with Crippen LogP contribution in [0.5, 0.6) is 5.75 Å². The molecule has 5 atom stereocenters. The van der Waals surface area contributed by atoms with Gasteiger partial charge in [0.15, 0.2) is 0 Å². The van der Waals surface area contributed by atoms with Crippen LogP contribution in [0.3, 0.4) is 0 Å². The van der Waals surface area contributed by atoms with Crippen LogP contribution in [0, 0.1) is 5.92 Å². The lowest BCUT2D eigenvalue weighted by molar-refractivity contribution is -0.149. The van der Waals surface area contributed by atoms with E-state index in [1.165, 1.54) is 16.8 Å². The normalized spacial score (nSPS) is 21.1. The van der Waals surface area contributed by atoms with Crippen LogP contribution in [0.4, 0.5) is 0 Å². The second-order valence-corrected chi connectivity index (χ2v) is 9.39. The smallest absolute Gasteiger partial charge is 0.330 e. The number of ether oxygens (including phenoxy) is 2. The van der Waals surface area contributed by atoms with E-state index >= 15 is 0 Å². The number of aromatic amines is 1. The first-order chi connectivity index (χ1) is 16.7. The maximum absolute atomic E-state index is 12.2. The van der Waals surface area contributed by atoms with E-state index in [2.05, 4.69) is 10.1 Å². The number of benzene rings is 1. The predicted octanol–water partition coefficient (Wildman–Crippen LogP) is 2.32. The van der Waals surface area contributed by atoms with Gasteiger partial charge in [-0.2, -0.15) is 0 Å². The van der Waals surface area contributed by atoms with Gasteiger partial charge in [-0.05, 0) is 39.3 Å². The molecule has 0 radical (unpaired) electrons. The Morgan fingerprint density at radius 2 is 1.91 bits per heavy atom. The summed E-state index contributed by atoms with van der Waals surface area (Å²) in [6.07, 6.45) is 1.03. The van der Waals surface area contributed by atoms with Gasteiger partial charge in [0.2, 0.25) is 0 Å². The van der Waals surface area contributed by atoms with E-state index in [0.29, 0.717) is 12.2 Å². The third kappa shape index (κ3) is 8.87. The fraction of sp³-hybridized carbons (Fsp3) is 0.522. The number of nitrogens with one attached hydrogen (secondary N) is 2. The Kier molecular flexibility index (Phi) is 11.6. The number of para-hydroxylation sites is 1. The average molecular weight is 512 g/mol. The summed E-state index contributed by atoms with van der Waals surface area (Å²) in [6.45, 7) is 7.41. The van der Waals surface area contributed by atoms with Gasteiger partial charge in [-0.15, -0.1) is 0 Å². The highest BCUT2D eigenvalue weighted by molar-refractivity contribution is 7.45. The molecule has 12 heteroatoms. The van der Waals surface area contributed by atoms with E-state index in [1.807, 2.05) is 25.1 Å². The first-order valence-corrected chi connectivity index (χ1v) is 12.4. The summed E-state index contributed by atoms with van der Waals surface area (Å²) in [5.74, 6) is 0.219. The van der Waals surface area contributed by atoms with Gasteiger partial charge in [-0.3, -0.25) is 19.1 Å². The van der Waals surface area contributed by atoms with Crippen molar-refractivity contribution in [1.82, 2.24) is 14.6 Å². The van der Waals surface area contributed by atoms with Crippen LogP contribution in [-0.2, 0) is 18.8 Å². The standard InChI is InChI=1S/C22H30N3O7P.CH4O/c1-14(2)30-21(27)16(4)24-33(32-17-8-6-5-7-9-17)29-13-18-12-15(3)20(31-18)25-11-10-19(26)23-22(25)28;1-2/h5-11,14-16,18,20,24H,12-13H2,1-4H3,(H,23,26,28);2H,1H3. The minimum atomic E-state index is -1.69. The molecule has 1 fully saturated rings. The van der Waals surface area contributed by atoms with Gasteiger partial charge in [0.1, 0.15) is 18.0 Å². The molecule has 0 saturated carbocycles. The molecule has 1 aliphatic heterocycles. The number of hydrogen-bond donors (Lipinski definition) is 3. The molecule has 2 heterocycles. The van der Waals surface area contributed by atoms with Crippen LogP contribution < -0.4 is 20.9 Å². The third-order valence-electron chi connectivity index (χ3n) is 4.89. The van der Waals surface area contributed by atoms with Crippen molar-refractivity contribution in [1.29, 1.82) is 0 Å². The first-order valence-electron chi connectivity index (χ1n) is 11.3. The Labute approximate surface area is 205 Å². The lowest BCUT2D eigenvalue weighted by Crippen LogP contribution is -2.35. The van der Waals surface area contributed by atoms with Crippen molar-refractivity contribution < 1.29 is 28.4 Å². The number of carbonyl (C=O) groups excluding carboxylic acids is 1. The summed E-state index contributed by atoms with van der Waals surface area (Å²) < 4.78 is 24.6. The Hall–Kier alpha value is -2.56. The Bertz CT molecular complexity index is 1030. The number of esters is 1. The van der Waals surface area contributed by atoms with Gasteiger partial charge in [-0.1, -0.05) is 25.1 Å². The highest BCUT2D eigenvalue weighted by Crippen LogP contribution is 2.39. The van der Waals surface area contributed by atoms with Gasteiger partial charge in [0, 0.05) is 25.3 Å². The van der Waals surface area contributed by atoms with E-state index in [9.17, 15) is 14.4 Å². The van der Waals surface area contributed by atoms with E-state index in [0.717, 1.165) is 7.11 Å². The molecule has 1 saturated heterocycles. The highest BCUT2D eigenvalue weighted by Gasteiger charge is 2.35. The van der Waals surface area contributed by atoms with Gasteiger partial charge in [-0.25, -0.2) is 9.88 Å². The number of aliphatic hydroxyl groups excluding tert-OH is 1. The second kappa shape index (κ2) is 14.1. The van der Waals surface area contributed by atoms with Crippen molar-refractivity contribution >= 4 is 14.5 Å². The molecule has 0 amide bonds. The molecule has 1 aromatic carbocycles. The Morgan fingerprint density at radius 3 is 2.54 bits per heavy atom. The lowest BCUT2D eigenvalue weighted by atomic mass is 10.1. The Morgan fingerprint density at radius 1 is 1.23 bits per heavy atom. The molecule has 5 unspecified atom stereocenters. The van der Waals surface area contributed by atoms with Crippen molar-refractivity contribution in [3.8, 4) is 5.75 Å². The van der Waals surface area contributed by atoms with E-state index in [1.54, 1.807) is 32.9 Å².